The monoisotopic (exact) mass is 311 g/mol. The van der Waals surface area contributed by atoms with Crippen LogP contribution in [0.3, 0.4) is 0 Å². The van der Waals surface area contributed by atoms with E-state index >= 15 is 0 Å². The molecule has 7 heteroatoms. The van der Waals surface area contributed by atoms with Crippen molar-refractivity contribution in [3.8, 4) is 0 Å². The molecule has 0 radical (unpaired) electrons. The minimum Gasteiger partial charge on any atom is -0.391 e. The van der Waals surface area contributed by atoms with Crippen LogP contribution in [0.1, 0.15) is 32.3 Å². The third kappa shape index (κ3) is 3.95. The standard InChI is InChI=1S/C14H21N3O3S/c1-3-4-5-11-6-7-12-13(8-11)21(19,20)17-14(16-12)15-9-10(2)18/h6-8,10,18H,3-5,9H2,1-2H3,(H2,15,16,17). The highest BCUT2D eigenvalue weighted by Gasteiger charge is 2.26. The zero-order valence-corrected chi connectivity index (χ0v) is 13.1. The number of sulfonamides is 1. The fourth-order valence-corrected chi connectivity index (χ4v) is 3.25. The zero-order valence-electron chi connectivity index (χ0n) is 12.3. The molecule has 1 aliphatic heterocycles. The summed E-state index contributed by atoms with van der Waals surface area (Å²) >= 11 is 0. The number of nitrogens with one attached hydrogen (secondary N) is 2. The summed E-state index contributed by atoms with van der Waals surface area (Å²) in [5.74, 6) is 0.143. The molecule has 1 atom stereocenters. The Hall–Kier alpha value is -1.60. The first kappa shape index (κ1) is 15.8. The van der Waals surface area contributed by atoms with Gasteiger partial charge in [0.15, 0.2) is 0 Å². The summed E-state index contributed by atoms with van der Waals surface area (Å²) in [6.07, 6.45) is 2.33. The van der Waals surface area contributed by atoms with E-state index in [-0.39, 0.29) is 17.4 Å². The maximum atomic E-state index is 12.3. The van der Waals surface area contributed by atoms with Crippen LogP contribution in [0.25, 0.3) is 0 Å². The Kier molecular flexibility index (Phi) is 4.84. The second kappa shape index (κ2) is 6.44. The van der Waals surface area contributed by atoms with E-state index in [4.69, 9.17) is 0 Å². The van der Waals surface area contributed by atoms with Crippen LogP contribution in [0.5, 0.6) is 0 Å². The quantitative estimate of drug-likeness (QED) is 0.768. The number of unbranched alkanes of at least 4 members (excludes halogenated alkanes) is 1. The number of benzene rings is 1. The molecule has 0 saturated heterocycles. The van der Waals surface area contributed by atoms with Gasteiger partial charge >= 0.3 is 0 Å². The Morgan fingerprint density at radius 3 is 2.81 bits per heavy atom. The van der Waals surface area contributed by atoms with Crippen LogP contribution in [0.2, 0.25) is 0 Å². The number of aliphatic hydroxyl groups is 1. The summed E-state index contributed by atoms with van der Waals surface area (Å²) in [6, 6.07) is 5.39. The van der Waals surface area contributed by atoms with Crippen molar-refractivity contribution < 1.29 is 13.5 Å². The number of hydrogen-bond donors (Lipinski definition) is 3. The van der Waals surface area contributed by atoms with Gasteiger partial charge in [-0.1, -0.05) is 19.4 Å². The first-order valence-electron chi connectivity index (χ1n) is 7.07. The first-order chi connectivity index (χ1) is 9.92. The van der Waals surface area contributed by atoms with Crippen molar-refractivity contribution in [3.63, 3.8) is 0 Å². The number of fused-ring (bicyclic) bond motifs is 1. The molecule has 1 aromatic rings. The van der Waals surface area contributed by atoms with Gasteiger partial charge in [-0.25, -0.2) is 18.1 Å². The molecule has 0 amide bonds. The fourth-order valence-electron chi connectivity index (χ4n) is 2.06. The van der Waals surface area contributed by atoms with Crippen LogP contribution in [0, 0.1) is 0 Å². The summed E-state index contributed by atoms with van der Waals surface area (Å²) in [5.41, 5.74) is 1.52. The lowest BCUT2D eigenvalue weighted by atomic mass is 10.1. The van der Waals surface area contributed by atoms with Gasteiger partial charge in [-0.05, 0) is 37.5 Å². The lowest BCUT2D eigenvalue weighted by Gasteiger charge is -2.22. The molecule has 1 aliphatic rings. The largest absolute Gasteiger partial charge is 0.391 e. The van der Waals surface area contributed by atoms with E-state index in [1.54, 1.807) is 19.1 Å². The van der Waals surface area contributed by atoms with E-state index in [0.29, 0.717) is 5.69 Å². The average Bonchev–Trinajstić information content (AvgIpc) is 2.42. The summed E-state index contributed by atoms with van der Waals surface area (Å²) in [7, 11) is -3.61. The topological polar surface area (TPSA) is 90.8 Å². The summed E-state index contributed by atoms with van der Waals surface area (Å²) in [6.45, 7) is 3.83. The van der Waals surface area contributed by atoms with E-state index in [0.717, 1.165) is 24.8 Å². The van der Waals surface area contributed by atoms with E-state index in [2.05, 4.69) is 22.0 Å². The molecule has 0 spiro atoms. The Morgan fingerprint density at radius 1 is 1.38 bits per heavy atom. The van der Waals surface area contributed by atoms with Crippen LogP contribution in [0.4, 0.5) is 5.69 Å². The maximum absolute atomic E-state index is 12.3. The van der Waals surface area contributed by atoms with E-state index in [9.17, 15) is 13.5 Å². The van der Waals surface area contributed by atoms with Crippen LogP contribution >= 0.6 is 0 Å². The smallest absolute Gasteiger partial charge is 0.266 e. The molecule has 0 aliphatic carbocycles. The van der Waals surface area contributed by atoms with Crippen molar-refractivity contribution in [2.75, 3.05) is 11.9 Å². The van der Waals surface area contributed by atoms with Crippen molar-refractivity contribution >= 4 is 21.7 Å². The lowest BCUT2D eigenvalue weighted by Crippen LogP contribution is -2.41. The Balaban J connectivity index is 2.29. The van der Waals surface area contributed by atoms with Gasteiger partial charge in [-0.15, -0.1) is 0 Å². The molecule has 3 N–H and O–H groups in total. The minimum absolute atomic E-state index is 0.134. The van der Waals surface area contributed by atoms with Crippen molar-refractivity contribution in [1.82, 2.24) is 4.72 Å². The van der Waals surface area contributed by atoms with Crippen molar-refractivity contribution in [2.45, 2.75) is 44.1 Å². The minimum atomic E-state index is -3.61. The van der Waals surface area contributed by atoms with Gasteiger partial charge < -0.3 is 10.4 Å². The molecule has 1 heterocycles. The molecule has 1 unspecified atom stereocenters. The van der Waals surface area contributed by atoms with Gasteiger partial charge in [-0.2, -0.15) is 0 Å². The van der Waals surface area contributed by atoms with Crippen molar-refractivity contribution in [1.29, 1.82) is 0 Å². The molecule has 1 aromatic carbocycles. The summed E-state index contributed by atoms with van der Waals surface area (Å²) < 4.78 is 26.9. The van der Waals surface area contributed by atoms with Gasteiger partial charge in [0.05, 0.1) is 18.3 Å². The molecule has 0 saturated carbocycles. The van der Waals surface area contributed by atoms with E-state index in [1.165, 1.54) is 0 Å². The van der Waals surface area contributed by atoms with Gasteiger partial charge in [0.25, 0.3) is 10.0 Å². The first-order valence-corrected chi connectivity index (χ1v) is 8.56. The van der Waals surface area contributed by atoms with Gasteiger partial charge in [-0.3, -0.25) is 0 Å². The van der Waals surface area contributed by atoms with Gasteiger partial charge in [0.2, 0.25) is 5.96 Å². The average molecular weight is 311 g/mol. The van der Waals surface area contributed by atoms with Crippen LogP contribution in [0.15, 0.2) is 28.1 Å². The molecule has 6 nitrogen and oxygen atoms in total. The van der Waals surface area contributed by atoms with Crippen molar-refractivity contribution in [2.24, 2.45) is 4.99 Å². The molecule has 0 bridgehead atoms. The Bertz CT molecular complexity index is 639. The Labute approximate surface area is 125 Å². The SMILES string of the molecule is CCCCc1ccc2c(c1)S(=O)(=O)NC(=NCC(C)O)N2. The second-order valence-corrected chi connectivity index (χ2v) is 6.85. The number of aliphatic hydroxyl groups excluding tert-OH is 1. The molecule has 0 aromatic heterocycles. The molecule has 21 heavy (non-hydrogen) atoms. The molecule has 116 valence electrons. The van der Waals surface area contributed by atoms with Crippen LogP contribution < -0.4 is 10.0 Å². The number of anilines is 1. The summed E-state index contributed by atoms with van der Waals surface area (Å²) in [4.78, 5) is 4.26. The van der Waals surface area contributed by atoms with E-state index < -0.39 is 16.1 Å². The number of guanidine groups is 1. The fraction of sp³-hybridized carbons (Fsp3) is 0.500. The highest BCUT2D eigenvalue weighted by Crippen LogP contribution is 2.26. The predicted octanol–water partition coefficient (Wildman–Crippen LogP) is 1.47. The van der Waals surface area contributed by atoms with Crippen molar-refractivity contribution in [3.05, 3.63) is 23.8 Å². The highest BCUT2D eigenvalue weighted by molar-refractivity contribution is 7.90. The molecular weight excluding hydrogens is 290 g/mol. The predicted molar refractivity (Wildman–Crippen MR) is 83.0 cm³/mol. The number of rotatable bonds is 5. The van der Waals surface area contributed by atoms with Gasteiger partial charge in [0.1, 0.15) is 4.90 Å². The summed E-state index contributed by atoms with van der Waals surface area (Å²) in [5, 5.41) is 12.2. The second-order valence-electron chi connectivity index (χ2n) is 5.20. The molecular formula is C14H21N3O3S. The Morgan fingerprint density at radius 2 is 2.14 bits per heavy atom. The lowest BCUT2D eigenvalue weighted by molar-refractivity contribution is 0.204. The molecule has 2 rings (SSSR count). The van der Waals surface area contributed by atoms with Crippen LogP contribution in [-0.2, 0) is 16.4 Å². The van der Waals surface area contributed by atoms with E-state index in [1.807, 2.05) is 6.07 Å². The third-order valence-corrected chi connectivity index (χ3v) is 4.53. The molecule has 0 fully saturated rings. The third-order valence-electron chi connectivity index (χ3n) is 3.15. The normalized spacial score (nSPS) is 19.5. The number of aryl methyl sites for hydroxylation is 1. The number of nitrogens with zero attached hydrogens (tertiary/aromatic N) is 1. The maximum Gasteiger partial charge on any atom is 0.266 e. The highest BCUT2D eigenvalue weighted by atomic mass is 32.2. The zero-order chi connectivity index (χ0) is 15.5. The number of hydrogen-bond acceptors (Lipinski definition) is 4. The number of aliphatic imine (C=N–C) groups is 1. The van der Waals surface area contributed by atoms with Gasteiger partial charge in [0, 0.05) is 0 Å². The van der Waals surface area contributed by atoms with Crippen LogP contribution in [-0.4, -0.2) is 32.1 Å².